The van der Waals surface area contributed by atoms with E-state index in [0.717, 1.165) is 29.5 Å². The Kier molecular flexibility index (Phi) is 3.20. The third-order valence-electron chi connectivity index (χ3n) is 3.40. The van der Waals surface area contributed by atoms with Crippen molar-refractivity contribution in [2.75, 3.05) is 11.9 Å². The molecule has 1 aliphatic heterocycles. The zero-order chi connectivity index (χ0) is 12.5. The molecule has 5 nitrogen and oxygen atoms in total. The number of amides is 1. The fraction of sp³-hybridized carbons (Fsp3) is 0.750. The molecule has 2 fully saturated rings. The van der Waals surface area contributed by atoms with Crippen LogP contribution in [0.3, 0.4) is 0 Å². The highest BCUT2D eigenvalue weighted by molar-refractivity contribution is 7.15. The molecule has 2 aliphatic rings. The standard InChI is InChI=1S/C12H18N4OS/c1-2-3-10-14-15-12(18-10)13-8-6-11(17)16(7-8)9-4-5-9/h8-9H,2-7H2,1H3,(H,13,15). The van der Waals surface area contributed by atoms with Crippen molar-refractivity contribution in [3.8, 4) is 0 Å². The molecule has 98 valence electrons. The van der Waals surface area contributed by atoms with Gasteiger partial charge in [0.2, 0.25) is 11.0 Å². The van der Waals surface area contributed by atoms with Crippen LogP contribution in [-0.2, 0) is 11.2 Å². The molecule has 1 aromatic heterocycles. The third kappa shape index (κ3) is 2.48. The molecule has 1 N–H and O–H groups in total. The van der Waals surface area contributed by atoms with Gasteiger partial charge in [-0.2, -0.15) is 0 Å². The number of likely N-dealkylation sites (tertiary alicyclic amines) is 1. The highest BCUT2D eigenvalue weighted by Gasteiger charge is 2.39. The summed E-state index contributed by atoms with van der Waals surface area (Å²) < 4.78 is 0. The smallest absolute Gasteiger partial charge is 0.225 e. The molecule has 0 bridgehead atoms. The number of rotatable bonds is 5. The van der Waals surface area contributed by atoms with Crippen LogP contribution in [0.2, 0.25) is 0 Å². The number of nitrogens with zero attached hydrogens (tertiary/aromatic N) is 3. The highest BCUT2D eigenvalue weighted by Crippen LogP contribution is 2.31. The Morgan fingerprint density at radius 2 is 2.28 bits per heavy atom. The third-order valence-corrected chi connectivity index (χ3v) is 4.32. The largest absolute Gasteiger partial charge is 0.355 e. The van der Waals surface area contributed by atoms with Gasteiger partial charge in [0.1, 0.15) is 5.01 Å². The lowest BCUT2D eigenvalue weighted by Crippen LogP contribution is -2.29. The first-order chi connectivity index (χ1) is 8.76. The molecule has 18 heavy (non-hydrogen) atoms. The van der Waals surface area contributed by atoms with Gasteiger partial charge in [-0.15, -0.1) is 10.2 Å². The van der Waals surface area contributed by atoms with Crippen molar-refractivity contribution >= 4 is 22.4 Å². The Morgan fingerprint density at radius 1 is 1.44 bits per heavy atom. The number of anilines is 1. The molecule has 0 radical (unpaired) electrons. The van der Waals surface area contributed by atoms with Crippen molar-refractivity contribution in [3.63, 3.8) is 0 Å². The Balaban J connectivity index is 1.57. The molecular formula is C12H18N4OS. The summed E-state index contributed by atoms with van der Waals surface area (Å²) in [5.41, 5.74) is 0. The maximum Gasteiger partial charge on any atom is 0.225 e. The zero-order valence-corrected chi connectivity index (χ0v) is 11.4. The Bertz CT molecular complexity index is 443. The number of aryl methyl sites for hydroxylation is 1. The van der Waals surface area contributed by atoms with Gasteiger partial charge in [0.05, 0.1) is 6.04 Å². The topological polar surface area (TPSA) is 58.1 Å². The van der Waals surface area contributed by atoms with E-state index in [1.54, 1.807) is 11.3 Å². The van der Waals surface area contributed by atoms with Gasteiger partial charge in [-0.3, -0.25) is 4.79 Å². The lowest BCUT2D eigenvalue weighted by Gasteiger charge is -2.15. The van der Waals surface area contributed by atoms with Crippen molar-refractivity contribution in [1.82, 2.24) is 15.1 Å². The number of carbonyl (C=O) groups excluding carboxylic acids is 1. The van der Waals surface area contributed by atoms with Crippen LogP contribution in [0.4, 0.5) is 5.13 Å². The lowest BCUT2D eigenvalue weighted by atomic mass is 10.3. The summed E-state index contributed by atoms with van der Waals surface area (Å²) in [5.74, 6) is 0.285. The summed E-state index contributed by atoms with van der Waals surface area (Å²) in [5, 5.41) is 13.6. The average molecular weight is 266 g/mol. The van der Waals surface area contributed by atoms with Gasteiger partial charge in [-0.05, 0) is 19.3 Å². The SMILES string of the molecule is CCCc1nnc(NC2CC(=O)N(C3CC3)C2)s1. The Hall–Kier alpha value is -1.17. The minimum Gasteiger partial charge on any atom is -0.355 e. The first kappa shape index (κ1) is 11.9. The van der Waals surface area contributed by atoms with E-state index in [1.165, 1.54) is 12.8 Å². The maximum atomic E-state index is 11.8. The van der Waals surface area contributed by atoms with E-state index >= 15 is 0 Å². The lowest BCUT2D eigenvalue weighted by molar-refractivity contribution is -0.128. The fourth-order valence-corrected chi connectivity index (χ4v) is 3.29. The Labute approximate surface area is 111 Å². The van der Waals surface area contributed by atoms with Crippen LogP contribution in [0.15, 0.2) is 0 Å². The molecule has 0 aromatic carbocycles. The summed E-state index contributed by atoms with van der Waals surface area (Å²) in [6, 6.07) is 0.731. The fourth-order valence-electron chi connectivity index (χ4n) is 2.37. The van der Waals surface area contributed by atoms with Crippen LogP contribution < -0.4 is 5.32 Å². The highest BCUT2D eigenvalue weighted by atomic mass is 32.1. The molecule has 0 spiro atoms. The quantitative estimate of drug-likeness (QED) is 0.880. The molecule has 6 heteroatoms. The minimum absolute atomic E-state index is 0.209. The summed E-state index contributed by atoms with van der Waals surface area (Å²) >= 11 is 1.61. The first-order valence-electron chi connectivity index (χ1n) is 6.64. The summed E-state index contributed by atoms with van der Waals surface area (Å²) in [6.07, 6.45) is 5.03. The maximum absolute atomic E-state index is 11.8. The van der Waals surface area contributed by atoms with E-state index in [0.29, 0.717) is 12.5 Å². The second-order valence-corrected chi connectivity index (χ2v) is 6.14. The first-order valence-corrected chi connectivity index (χ1v) is 7.46. The van der Waals surface area contributed by atoms with E-state index in [4.69, 9.17) is 0 Å². The molecule has 1 aromatic rings. The van der Waals surface area contributed by atoms with Crippen LogP contribution >= 0.6 is 11.3 Å². The van der Waals surface area contributed by atoms with Gasteiger partial charge in [0.25, 0.3) is 0 Å². The van der Waals surface area contributed by atoms with Gasteiger partial charge in [0.15, 0.2) is 0 Å². The van der Waals surface area contributed by atoms with Crippen molar-refractivity contribution in [1.29, 1.82) is 0 Å². The van der Waals surface area contributed by atoms with Gasteiger partial charge >= 0.3 is 0 Å². The molecule has 1 amide bonds. The van der Waals surface area contributed by atoms with Gasteiger partial charge in [-0.25, -0.2) is 0 Å². The van der Waals surface area contributed by atoms with Crippen LogP contribution in [0, 0.1) is 0 Å². The normalized spacial score (nSPS) is 23.7. The zero-order valence-electron chi connectivity index (χ0n) is 10.6. The monoisotopic (exact) mass is 266 g/mol. The second kappa shape index (κ2) is 4.84. The van der Waals surface area contributed by atoms with Crippen molar-refractivity contribution in [2.24, 2.45) is 0 Å². The number of carbonyl (C=O) groups is 1. The number of nitrogens with one attached hydrogen (secondary N) is 1. The van der Waals surface area contributed by atoms with Crippen LogP contribution in [0.1, 0.15) is 37.6 Å². The Morgan fingerprint density at radius 3 is 3.00 bits per heavy atom. The van der Waals surface area contributed by atoms with Crippen molar-refractivity contribution in [2.45, 2.75) is 51.1 Å². The summed E-state index contributed by atoms with van der Waals surface area (Å²) in [4.78, 5) is 13.8. The predicted molar refractivity (Wildman–Crippen MR) is 70.7 cm³/mol. The van der Waals surface area contributed by atoms with E-state index in [2.05, 4.69) is 22.4 Å². The van der Waals surface area contributed by atoms with Crippen LogP contribution in [0.25, 0.3) is 0 Å². The second-order valence-electron chi connectivity index (χ2n) is 5.07. The molecular weight excluding hydrogens is 248 g/mol. The van der Waals surface area contributed by atoms with E-state index in [-0.39, 0.29) is 11.9 Å². The van der Waals surface area contributed by atoms with Gasteiger partial charge in [-0.1, -0.05) is 18.3 Å². The van der Waals surface area contributed by atoms with Crippen LogP contribution in [-0.4, -0.2) is 39.6 Å². The molecule has 1 saturated heterocycles. The number of aromatic nitrogens is 2. The van der Waals surface area contributed by atoms with Crippen molar-refractivity contribution in [3.05, 3.63) is 5.01 Å². The van der Waals surface area contributed by atoms with E-state index < -0.39 is 0 Å². The van der Waals surface area contributed by atoms with Crippen LogP contribution in [0.5, 0.6) is 0 Å². The molecule has 1 aliphatic carbocycles. The number of hydrogen-bond acceptors (Lipinski definition) is 5. The predicted octanol–water partition coefficient (Wildman–Crippen LogP) is 1.67. The molecule has 1 atom stereocenters. The van der Waals surface area contributed by atoms with Gasteiger partial charge < -0.3 is 10.2 Å². The number of hydrogen-bond donors (Lipinski definition) is 1. The van der Waals surface area contributed by atoms with Crippen molar-refractivity contribution < 1.29 is 4.79 Å². The summed E-state index contributed by atoms with van der Waals surface area (Å²) in [6.45, 7) is 2.96. The molecule has 3 rings (SSSR count). The van der Waals surface area contributed by atoms with E-state index in [9.17, 15) is 4.79 Å². The van der Waals surface area contributed by atoms with Gasteiger partial charge in [0, 0.05) is 25.4 Å². The summed E-state index contributed by atoms with van der Waals surface area (Å²) in [7, 11) is 0. The average Bonchev–Trinajstić information content (AvgIpc) is 2.99. The molecule has 1 unspecified atom stereocenters. The van der Waals surface area contributed by atoms with E-state index in [1.807, 2.05) is 4.90 Å². The minimum atomic E-state index is 0.209. The molecule has 1 saturated carbocycles. The molecule has 2 heterocycles.